The Hall–Kier alpha value is -0.720. The van der Waals surface area contributed by atoms with Crippen LogP contribution in [0.25, 0.3) is 0 Å². The van der Waals surface area contributed by atoms with Gasteiger partial charge in [0, 0.05) is 0 Å². The van der Waals surface area contributed by atoms with Crippen LogP contribution in [-0.4, -0.2) is 21.6 Å². The van der Waals surface area contributed by atoms with Crippen molar-refractivity contribution < 1.29 is 4.79 Å². The van der Waals surface area contributed by atoms with Crippen molar-refractivity contribution in [3.8, 4) is 0 Å². The molecule has 1 aliphatic rings. The van der Waals surface area contributed by atoms with Crippen molar-refractivity contribution in [3.63, 3.8) is 0 Å². The molecule has 0 atom stereocenters. The lowest BCUT2D eigenvalue weighted by atomic mass is 9.82. The molecule has 3 N–H and O–H groups in total. The number of nitrogens with two attached hydrogens (primary N) is 1. The number of anilines is 1. The molecule has 0 aliphatic heterocycles. The molecule has 1 aromatic heterocycles. The highest BCUT2D eigenvalue weighted by Gasteiger charge is 2.35. The largest absolute Gasteiger partial charge is 0.317 e. The molecule has 1 heterocycles. The van der Waals surface area contributed by atoms with Crippen molar-refractivity contribution in [2.45, 2.75) is 37.6 Å². The van der Waals surface area contributed by atoms with Crippen LogP contribution in [0.3, 0.4) is 0 Å². The summed E-state index contributed by atoms with van der Waals surface area (Å²) < 4.78 is 0. The van der Waals surface area contributed by atoms with Crippen LogP contribution in [-0.2, 0) is 4.79 Å². The van der Waals surface area contributed by atoms with Crippen molar-refractivity contribution in [1.82, 2.24) is 10.2 Å². The van der Waals surface area contributed by atoms with Crippen LogP contribution in [0.5, 0.6) is 0 Å². The van der Waals surface area contributed by atoms with Gasteiger partial charge in [0.05, 0.1) is 5.54 Å². The van der Waals surface area contributed by atoms with Gasteiger partial charge in [0.1, 0.15) is 5.51 Å². The van der Waals surface area contributed by atoms with E-state index in [4.69, 9.17) is 5.73 Å². The van der Waals surface area contributed by atoms with E-state index in [1.54, 1.807) is 5.51 Å². The van der Waals surface area contributed by atoms with Gasteiger partial charge in [-0.05, 0) is 12.8 Å². The summed E-state index contributed by atoms with van der Waals surface area (Å²) in [6, 6.07) is 0. The molecule has 0 saturated heterocycles. The quantitative estimate of drug-likeness (QED) is 0.848. The van der Waals surface area contributed by atoms with Crippen LogP contribution in [0.4, 0.5) is 5.13 Å². The van der Waals surface area contributed by atoms with Gasteiger partial charge in [-0.25, -0.2) is 0 Å². The van der Waals surface area contributed by atoms with Gasteiger partial charge in [0.15, 0.2) is 0 Å². The number of amides is 1. The lowest BCUT2D eigenvalue weighted by Crippen LogP contribution is -2.52. The van der Waals surface area contributed by atoms with Gasteiger partial charge in [0.25, 0.3) is 0 Å². The van der Waals surface area contributed by atoms with E-state index < -0.39 is 5.54 Å². The van der Waals surface area contributed by atoms with Crippen molar-refractivity contribution in [2.75, 3.05) is 5.32 Å². The lowest BCUT2D eigenvalue weighted by molar-refractivity contribution is -0.122. The van der Waals surface area contributed by atoms with Crippen LogP contribution >= 0.6 is 23.7 Å². The smallest absolute Gasteiger partial charge is 0.246 e. The van der Waals surface area contributed by atoms with Gasteiger partial charge in [-0.15, -0.1) is 22.6 Å². The molecule has 1 saturated carbocycles. The van der Waals surface area contributed by atoms with Crippen molar-refractivity contribution in [3.05, 3.63) is 5.51 Å². The Morgan fingerprint density at radius 1 is 1.44 bits per heavy atom. The predicted octanol–water partition coefficient (Wildman–Crippen LogP) is 1.56. The Balaban J connectivity index is 0.00000128. The maximum absolute atomic E-state index is 11.9. The van der Waals surface area contributed by atoms with E-state index in [0.29, 0.717) is 5.13 Å². The van der Waals surface area contributed by atoms with E-state index in [1.165, 1.54) is 17.8 Å². The first-order chi connectivity index (χ1) is 7.21. The molecule has 0 unspecified atom stereocenters. The van der Waals surface area contributed by atoms with Gasteiger partial charge in [0.2, 0.25) is 11.0 Å². The molecular formula is C9H15ClN4OS. The van der Waals surface area contributed by atoms with Crippen LogP contribution in [0.15, 0.2) is 5.51 Å². The van der Waals surface area contributed by atoms with Gasteiger partial charge in [-0.2, -0.15) is 0 Å². The predicted molar refractivity (Wildman–Crippen MR) is 65.8 cm³/mol. The van der Waals surface area contributed by atoms with Gasteiger partial charge < -0.3 is 5.73 Å². The van der Waals surface area contributed by atoms with E-state index in [9.17, 15) is 4.79 Å². The van der Waals surface area contributed by atoms with E-state index in [2.05, 4.69) is 15.5 Å². The summed E-state index contributed by atoms with van der Waals surface area (Å²) >= 11 is 1.30. The fraction of sp³-hybridized carbons (Fsp3) is 0.667. The molecule has 0 radical (unpaired) electrons. The monoisotopic (exact) mass is 262 g/mol. The summed E-state index contributed by atoms with van der Waals surface area (Å²) in [7, 11) is 0. The molecule has 90 valence electrons. The fourth-order valence-electron chi connectivity index (χ4n) is 1.86. The topological polar surface area (TPSA) is 80.9 Å². The van der Waals surface area contributed by atoms with E-state index in [1.807, 2.05) is 0 Å². The third-order valence-corrected chi connectivity index (χ3v) is 3.39. The number of hydrogen-bond acceptors (Lipinski definition) is 5. The molecular weight excluding hydrogens is 248 g/mol. The second-order valence-corrected chi connectivity index (χ2v) is 4.75. The summed E-state index contributed by atoms with van der Waals surface area (Å²) in [5.74, 6) is -0.126. The van der Waals surface area contributed by atoms with E-state index in [0.717, 1.165) is 25.7 Å². The number of rotatable bonds is 2. The molecule has 16 heavy (non-hydrogen) atoms. The maximum atomic E-state index is 11.9. The second-order valence-electron chi connectivity index (χ2n) is 3.91. The third-order valence-electron chi connectivity index (χ3n) is 2.78. The van der Waals surface area contributed by atoms with Crippen LogP contribution < -0.4 is 11.1 Å². The molecule has 1 fully saturated rings. The van der Waals surface area contributed by atoms with Crippen LogP contribution in [0.2, 0.25) is 0 Å². The highest BCUT2D eigenvalue weighted by molar-refractivity contribution is 7.13. The van der Waals surface area contributed by atoms with Crippen LogP contribution in [0, 0.1) is 0 Å². The van der Waals surface area contributed by atoms with Gasteiger partial charge in [-0.1, -0.05) is 30.6 Å². The first-order valence-corrected chi connectivity index (χ1v) is 5.95. The molecule has 1 aliphatic carbocycles. The summed E-state index contributed by atoms with van der Waals surface area (Å²) in [6.45, 7) is 0. The number of aromatic nitrogens is 2. The maximum Gasteiger partial charge on any atom is 0.246 e. The number of nitrogens with one attached hydrogen (secondary N) is 1. The highest BCUT2D eigenvalue weighted by atomic mass is 35.5. The van der Waals surface area contributed by atoms with Gasteiger partial charge >= 0.3 is 0 Å². The molecule has 0 spiro atoms. The Bertz CT molecular complexity index is 337. The Morgan fingerprint density at radius 2 is 2.12 bits per heavy atom. The zero-order valence-electron chi connectivity index (χ0n) is 8.81. The minimum Gasteiger partial charge on any atom is -0.317 e. The summed E-state index contributed by atoms with van der Waals surface area (Å²) in [6.07, 6.45) is 4.75. The molecule has 7 heteroatoms. The van der Waals surface area contributed by atoms with Crippen molar-refractivity contribution in [1.29, 1.82) is 0 Å². The summed E-state index contributed by atoms with van der Waals surface area (Å²) in [5, 5.41) is 10.7. The average Bonchev–Trinajstić information content (AvgIpc) is 2.71. The Labute approximate surface area is 104 Å². The Morgan fingerprint density at radius 3 is 2.69 bits per heavy atom. The zero-order chi connectivity index (χ0) is 10.7. The number of carbonyl (C=O) groups is 1. The highest BCUT2D eigenvalue weighted by Crippen LogP contribution is 2.27. The molecule has 2 rings (SSSR count). The minimum atomic E-state index is -0.704. The first kappa shape index (κ1) is 13.3. The third kappa shape index (κ3) is 2.90. The standard InChI is InChI=1S/C9H14N4OS.ClH/c10-9(4-2-1-3-5-9)7(14)12-8-13-11-6-15-8;/h6H,1-5,10H2,(H,12,13,14);1H. The number of hydrogen-bond donors (Lipinski definition) is 2. The van der Waals surface area contributed by atoms with Crippen LogP contribution in [0.1, 0.15) is 32.1 Å². The van der Waals surface area contributed by atoms with E-state index in [-0.39, 0.29) is 18.3 Å². The SMILES string of the molecule is Cl.NC1(C(=O)Nc2nncs2)CCCCC1. The van der Waals surface area contributed by atoms with Gasteiger partial charge in [-0.3, -0.25) is 10.1 Å². The molecule has 0 bridgehead atoms. The molecule has 0 aromatic carbocycles. The minimum absolute atomic E-state index is 0. The molecule has 5 nitrogen and oxygen atoms in total. The zero-order valence-corrected chi connectivity index (χ0v) is 10.4. The van der Waals surface area contributed by atoms with Crippen molar-refractivity contribution >= 4 is 34.8 Å². The molecule has 1 amide bonds. The number of halogens is 1. The first-order valence-electron chi connectivity index (χ1n) is 5.07. The fourth-order valence-corrected chi connectivity index (χ4v) is 2.30. The summed E-state index contributed by atoms with van der Waals surface area (Å²) in [5.41, 5.74) is 6.94. The average molecular weight is 263 g/mol. The normalized spacial score (nSPS) is 18.6. The van der Waals surface area contributed by atoms with Crippen molar-refractivity contribution in [2.24, 2.45) is 5.73 Å². The second kappa shape index (κ2) is 5.56. The van der Waals surface area contributed by atoms with E-state index >= 15 is 0 Å². The number of carbonyl (C=O) groups excluding carboxylic acids is 1. The summed E-state index contributed by atoms with van der Waals surface area (Å²) in [4.78, 5) is 11.9. The number of nitrogens with zero attached hydrogens (tertiary/aromatic N) is 2. The molecule has 1 aromatic rings. The Kier molecular flexibility index (Phi) is 4.64. The lowest BCUT2D eigenvalue weighted by Gasteiger charge is -2.31.